The van der Waals surface area contributed by atoms with E-state index in [1.54, 1.807) is 10.4 Å². The van der Waals surface area contributed by atoms with Gasteiger partial charge in [-0.25, -0.2) is 8.42 Å². The van der Waals surface area contributed by atoms with Crippen LogP contribution in [0.1, 0.15) is 37.1 Å². The van der Waals surface area contributed by atoms with Gasteiger partial charge in [-0.15, -0.1) is 11.3 Å². The van der Waals surface area contributed by atoms with Crippen LogP contribution in [-0.4, -0.2) is 25.3 Å². The number of thiophene rings is 1. The lowest BCUT2D eigenvalue weighted by molar-refractivity contribution is 0.316. The molecule has 6 heteroatoms. The Labute approximate surface area is 119 Å². The highest BCUT2D eigenvalue weighted by molar-refractivity contribution is 7.91. The number of aryl methyl sites for hydroxylation is 1. The van der Waals surface area contributed by atoms with Gasteiger partial charge in [0.15, 0.2) is 0 Å². The summed E-state index contributed by atoms with van der Waals surface area (Å²) in [4.78, 5) is 0.957. The van der Waals surface area contributed by atoms with Crippen LogP contribution in [0.2, 0.25) is 0 Å². The molecule has 1 aliphatic heterocycles. The summed E-state index contributed by atoms with van der Waals surface area (Å²) in [7, 11) is -3.35. The molecule has 0 bridgehead atoms. The molecule has 0 aromatic carbocycles. The molecule has 1 saturated heterocycles. The van der Waals surface area contributed by atoms with Gasteiger partial charge in [-0.1, -0.05) is 13.8 Å². The van der Waals surface area contributed by atoms with E-state index in [1.807, 2.05) is 6.92 Å². The summed E-state index contributed by atoms with van der Waals surface area (Å²) >= 11 is 1.31. The van der Waals surface area contributed by atoms with Crippen molar-refractivity contribution in [2.75, 3.05) is 6.54 Å². The van der Waals surface area contributed by atoms with E-state index in [0.717, 1.165) is 23.3 Å². The zero-order valence-electron chi connectivity index (χ0n) is 11.7. The van der Waals surface area contributed by atoms with E-state index in [9.17, 15) is 8.42 Å². The second-order valence-electron chi connectivity index (χ2n) is 5.45. The highest BCUT2D eigenvalue weighted by Crippen LogP contribution is 2.34. The summed E-state index contributed by atoms with van der Waals surface area (Å²) < 4.78 is 27.6. The number of hydrogen-bond acceptors (Lipinski definition) is 4. The van der Waals surface area contributed by atoms with Gasteiger partial charge in [-0.2, -0.15) is 4.31 Å². The van der Waals surface area contributed by atoms with Crippen LogP contribution in [-0.2, 0) is 16.6 Å². The fourth-order valence-corrected chi connectivity index (χ4v) is 6.09. The highest BCUT2D eigenvalue weighted by Gasteiger charge is 2.37. The van der Waals surface area contributed by atoms with E-state index in [0.29, 0.717) is 23.2 Å². The van der Waals surface area contributed by atoms with Gasteiger partial charge in [0.05, 0.1) is 0 Å². The lowest BCUT2D eigenvalue weighted by atomic mass is 10.0. The summed E-state index contributed by atoms with van der Waals surface area (Å²) in [5, 5.41) is 0. The van der Waals surface area contributed by atoms with Crippen molar-refractivity contribution in [3.05, 3.63) is 16.5 Å². The quantitative estimate of drug-likeness (QED) is 0.928. The SMILES string of the molecule is Cc1cc(S(=O)(=O)N2CCCC2C(C)C)sc1CN. The Balaban J connectivity index is 2.36. The summed E-state index contributed by atoms with van der Waals surface area (Å²) in [5.41, 5.74) is 6.62. The molecule has 1 aromatic heterocycles. The Bertz CT molecular complexity index is 549. The first kappa shape index (κ1) is 15.0. The maximum absolute atomic E-state index is 12.7. The van der Waals surface area contributed by atoms with Crippen LogP contribution in [0.25, 0.3) is 0 Å². The van der Waals surface area contributed by atoms with Crippen molar-refractivity contribution in [3.63, 3.8) is 0 Å². The predicted molar refractivity (Wildman–Crippen MR) is 78.7 cm³/mol. The Morgan fingerprint density at radius 3 is 2.74 bits per heavy atom. The van der Waals surface area contributed by atoms with Crippen molar-refractivity contribution in [2.45, 2.75) is 50.4 Å². The van der Waals surface area contributed by atoms with Crippen molar-refractivity contribution in [2.24, 2.45) is 11.7 Å². The molecular weight excluding hydrogens is 280 g/mol. The Morgan fingerprint density at radius 2 is 2.21 bits per heavy atom. The minimum absolute atomic E-state index is 0.133. The number of nitrogens with zero attached hydrogens (tertiary/aromatic N) is 1. The molecule has 0 radical (unpaired) electrons. The van der Waals surface area contributed by atoms with Crippen LogP contribution in [0.15, 0.2) is 10.3 Å². The van der Waals surface area contributed by atoms with E-state index >= 15 is 0 Å². The van der Waals surface area contributed by atoms with E-state index in [4.69, 9.17) is 5.73 Å². The first-order valence-corrected chi connectivity index (χ1v) is 8.94. The van der Waals surface area contributed by atoms with Gasteiger partial charge < -0.3 is 5.73 Å². The van der Waals surface area contributed by atoms with E-state index in [2.05, 4.69) is 13.8 Å². The van der Waals surface area contributed by atoms with Crippen LogP contribution >= 0.6 is 11.3 Å². The molecule has 0 saturated carbocycles. The summed E-state index contributed by atoms with van der Waals surface area (Å²) in [6, 6.07) is 1.89. The lowest BCUT2D eigenvalue weighted by Crippen LogP contribution is -2.38. The molecule has 4 nitrogen and oxygen atoms in total. The van der Waals surface area contributed by atoms with Crippen LogP contribution in [0.5, 0.6) is 0 Å². The zero-order chi connectivity index (χ0) is 14.2. The Hall–Kier alpha value is -0.430. The van der Waals surface area contributed by atoms with Crippen molar-refractivity contribution < 1.29 is 8.42 Å². The summed E-state index contributed by atoms with van der Waals surface area (Å²) in [6.07, 6.45) is 1.92. The number of hydrogen-bond donors (Lipinski definition) is 1. The molecule has 108 valence electrons. The molecule has 1 atom stereocenters. The topological polar surface area (TPSA) is 63.4 Å². The Morgan fingerprint density at radius 1 is 1.53 bits per heavy atom. The maximum atomic E-state index is 12.7. The molecule has 1 aromatic rings. The Kier molecular flexibility index (Phi) is 4.35. The van der Waals surface area contributed by atoms with Gasteiger partial charge in [-0.3, -0.25) is 0 Å². The highest BCUT2D eigenvalue weighted by atomic mass is 32.2. The lowest BCUT2D eigenvalue weighted by Gasteiger charge is -2.26. The van der Waals surface area contributed by atoms with Crippen molar-refractivity contribution in [3.8, 4) is 0 Å². The first-order valence-electron chi connectivity index (χ1n) is 6.69. The predicted octanol–water partition coefficient (Wildman–Crippen LogP) is 2.32. The van der Waals surface area contributed by atoms with Crippen molar-refractivity contribution in [1.82, 2.24) is 4.31 Å². The molecule has 2 heterocycles. The number of rotatable bonds is 4. The monoisotopic (exact) mass is 302 g/mol. The normalized spacial score (nSPS) is 21.4. The molecule has 2 rings (SSSR count). The van der Waals surface area contributed by atoms with Crippen LogP contribution in [0.4, 0.5) is 0 Å². The largest absolute Gasteiger partial charge is 0.326 e. The van der Waals surface area contributed by atoms with Gasteiger partial charge in [0.1, 0.15) is 4.21 Å². The van der Waals surface area contributed by atoms with Crippen LogP contribution in [0, 0.1) is 12.8 Å². The molecule has 0 spiro atoms. The summed E-state index contributed by atoms with van der Waals surface area (Å²) in [5.74, 6) is 0.354. The summed E-state index contributed by atoms with van der Waals surface area (Å²) in [6.45, 7) is 7.13. The van der Waals surface area contributed by atoms with Gasteiger partial charge in [0.2, 0.25) is 0 Å². The number of nitrogens with two attached hydrogens (primary N) is 1. The van der Waals surface area contributed by atoms with Gasteiger partial charge >= 0.3 is 0 Å². The molecule has 1 fully saturated rings. The minimum Gasteiger partial charge on any atom is -0.326 e. The van der Waals surface area contributed by atoms with Gasteiger partial charge in [0, 0.05) is 24.0 Å². The molecule has 1 aliphatic rings. The third-order valence-corrected chi connectivity index (χ3v) is 7.40. The molecule has 1 unspecified atom stereocenters. The fraction of sp³-hybridized carbons (Fsp3) is 0.692. The van der Waals surface area contributed by atoms with Gasteiger partial charge in [-0.05, 0) is 37.3 Å². The molecule has 0 aliphatic carbocycles. The van der Waals surface area contributed by atoms with Crippen molar-refractivity contribution in [1.29, 1.82) is 0 Å². The molecule has 2 N–H and O–H groups in total. The molecule has 0 amide bonds. The molecular formula is C13H22N2O2S2. The van der Waals surface area contributed by atoms with E-state index in [1.165, 1.54) is 11.3 Å². The van der Waals surface area contributed by atoms with Crippen molar-refractivity contribution >= 4 is 21.4 Å². The standard InChI is InChI=1S/C13H22N2O2S2/c1-9(2)11-5-4-6-15(11)19(16,17)13-7-10(3)12(8-14)18-13/h7,9,11H,4-6,8,14H2,1-3H3. The zero-order valence-corrected chi connectivity index (χ0v) is 13.4. The number of sulfonamides is 1. The maximum Gasteiger partial charge on any atom is 0.252 e. The average Bonchev–Trinajstić information content (AvgIpc) is 2.94. The smallest absolute Gasteiger partial charge is 0.252 e. The molecule has 19 heavy (non-hydrogen) atoms. The third-order valence-electron chi connectivity index (χ3n) is 3.76. The van der Waals surface area contributed by atoms with E-state index in [-0.39, 0.29) is 6.04 Å². The minimum atomic E-state index is -3.35. The van der Waals surface area contributed by atoms with Crippen LogP contribution in [0.3, 0.4) is 0 Å². The fourth-order valence-electron chi connectivity index (χ4n) is 2.66. The van der Waals surface area contributed by atoms with Crippen LogP contribution < -0.4 is 5.73 Å². The second kappa shape index (κ2) is 5.52. The second-order valence-corrected chi connectivity index (χ2v) is 8.70. The van der Waals surface area contributed by atoms with Gasteiger partial charge in [0.25, 0.3) is 10.0 Å². The first-order chi connectivity index (χ1) is 8.87. The third kappa shape index (κ3) is 2.72. The van der Waals surface area contributed by atoms with E-state index < -0.39 is 10.0 Å². The average molecular weight is 302 g/mol.